The molecule has 2 aromatic rings. The minimum atomic E-state index is -0.704. The third kappa shape index (κ3) is 3.79. The summed E-state index contributed by atoms with van der Waals surface area (Å²) in [7, 11) is 1.76. The second-order valence-corrected chi connectivity index (χ2v) is 6.36. The molecular weight excluding hydrogens is 316 g/mol. The Hall–Kier alpha value is -2.48. The van der Waals surface area contributed by atoms with E-state index in [2.05, 4.69) is 5.92 Å². The molecule has 0 aliphatic heterocycles. The summed E-state index contributed by atoms with van der Waals surface area (Å²) in [4.78, 5) is 23.6. The molecule has 1 aromatic carbocycles. The molecule has 1 aliphatic rings. The molecule has 0 spiro atoms. The zero-order chi connectivity index (χ0) is 18.6. The topological polar surface area (TPSA) is 64.2 Å². The number of carboxylic acid groups (broad SMARTS) is 1. The van der Waals surface area contributed by atoms with Gasteiger partial charge in [0.1, 0.15) is 0 Å². The Bertz CT molecular complexity index is 846. The smallest absolute Gasteiger partial charge is 0.328 e. The van der Waals surface area contributed by atoms with Gasteiger partial charge in [-0.15, -0.1) is 6.42 Å². The summed E-state index contributed by atoms with van der Waals surface area (Å²) in [5.41, 5.74) is 2.43. The number of fused-ring (bicyclic) bond motifs is 1. The normalized spacial score (nSPS) is 19.8. The maximum atomic E-state index is 12.5. The Morgan fingerprint density at radius 3 is 2.44 bits per heavy atom. The van der Waals surface area contributed by atoms with Crippen molar-refractivity contribution in [3.05, 3.63) is 34.2 Å². The number of terminal acetylenes is 1. The summed E-state index contributed by atoms with van der Waals surface area (Å²) in [6.07, 6.45) is 8.53. The molecule has 1 aromatic heterocycles. The predicted molar refractivity (Wildman–Crippen MR) is 99.5 cm³/mol. The first kappa shape index (κ1) is 18.9. The van der Waals surface area contributed by atoms with Crippen molar-refractivity contribution >= 4 is 17.0 Å². The van der Waals surface area contributed by atoms with Gasteiger partial charge in [0.15, 0.2) is 0 Å². The van der Waals surface area contributed by atoms with E-state index in [0.717, 1.165) is 29.4 Å². The molecule has 1 aliphatic carbocycles. The summed E-state index contributed by atoms with van der Waals surface area (Å²) < 4.78 is 3.42. The molecule has 0 amide bonds. The number of carbonyl (C=O) groups is 1. The lowest BCUT2D eigenvalue weighted by molar-refractivity contribution is -0.143. The average molecular weight is 342 g/mol. The first-order chi connectivity index (χ1) is 12.0. The van der Waals surface area contributed by atoms with E-state index in [4.69, 9.17) is 11.5 Å². The van der Waals surface area contributed by atoms with Crippen molar-refractivity contribution in [1.29, 1.82) is 0 Å². The summed E-state index contributed by atoms with van der Waals surface area (Å²) in [6.45, 7) is 4.62. The zero-order valence-electron chi connectivity index (χ0n) is 15.2. The van der Waals surface area contributed by atoms with Gasteiger partial charge in [-0.05, 0) is 49.8 Å². The van der Waals surface area contributed by atoms with Crippen LogP contribution in [0, 0.1) is 24.2 Å². The van der Waals surface area contributed by atoms with Gasteiger partial charge >= 0.3 is 11.7 Å². The standard InChI is InChI=1S/C18H20N2O3.C2H6/c1-3-12-6-9-15-16(10-12)20(18(23)19(15)2)11-13-4-7-14(8-5-13)17(21)22;1-2/h1,6,9-10,13-14H,4-5,7-8,11H2,2H3,(H,21,22);1-2H3. The number of benzene rings is 1. The molecule has 0 radical (unpaired) electrons. The fourth-order valence-corrected chi connectivity index (χ4v) is 3.53. The van der Waals surface area contributed by atoms with E-state index >= 15 is 0 Å². The van der Waals surface area contributed by atoms with Gasteiger partial charge in [0, 0.05) is 19.2 Å². The van der Waals surface area contributed by atoms with E-state index in [1.807, 2.05) is 32.0 Å². The molecule has 0 atom stereocenters. The lowest BCUT2D eigenvalue weighted by Gasteiger charge is -2.26. The van der Waals surface area contributed by atoms with Crippen molar-refractivity contribution in [3.8, 4) is 12.3 Å². The third-order valence-corrected chi connectivity index (χ3v) is 4.95. The van der Waals surface area contributed by atoms with Crippen LogP contribution in [0.25, 0.3) is 11.0 Å². The van der Waals surface area contributed by atoms with Crippen LogP contribution in [0.5, 0.6) is 0 Å². The van der Waals surface area contributed by atoms with Crippen molar-refractivity contribution in [3.63, 3.8) is 0 Å². The van der Waals surface area contributed by atoms with Crippen LogP contribution in [-0.4, -0.2) is 20.2 Å². The number of nitrogens with zero attached hydrogens (tertiary/aromatic N) is 2. The van der Waals surface area contributed by atoms with Crippen molar-refractivity contribution in [1.82, 2.24) is 9.13 Å². The highest BCUT2D eigenvalue weighted by Gasteiger charge is 2.27. The van der Waals surface area contributed by atoms with E-state index in [1.54, 1.807) is 16.2 Å². The minimum absolute atomic E-state index is 0.0467. The summed E-state index contributed by atoms with van der Waals surface area (Å²) >= 11 is 0. The number of hydrogen-bond donors (Lipinski definition) is 1. The second-order valence-electron chi connectivity index (χ2n) is 6.36. The van der Waals surface area contributed by atoms with Crippen LogP contribution in [0.4, 0.5) is 0 Å². The van der Waals surface area contributed by atoms with E-state index in [0.29, 0.717) is 25.3 Å². The second kappa shape index (κ2) is 8.06. The predicted octanol–water partition coefficient (Wildman–Crippen LogP) is 3.24. The van der Waals surface area contributed by atoms with Crippen molar-refractivity contribution in [2.24, 2.45) is 18.9 Å². The Kier molecular flexibility index (Phi) is 6.08. The number of aryl methyl sites for hydroxylation is 1. The Balaban J connectivity index is 0.00000109. The lowest BCUT2D eigenvalue weighted by Crippen LogP contribution is -2.28. The van der Waals surface area contributed by atoms with Crippen LogP contribution in [0.3, 0.4) is 0 Å². The molecular formula is C20H26N2O3. The summed E-state index contributed by atoms with van der Waals surface area (Å²) in [6, 6.07) is 5.59. The largest absolute Gasteiger partial charge is 0.481 e. The molecule has 1 N–H and O–H groups in total. The van der Waals surface area contributed by atoms with Gasteiger partial charge in [0.2, 0.25) is 0 Å². The molecule has 1 fully saturated rings. The number of imidazole rings is 1. The first-order valence-electron chi connectivity index (χ1n) is 8.90. The fourth-order valence-electron chi connectivity index (χ4n) is 3.53. The van der Waals surface area contributed by atoms with Gasteiger partial charge in [-0.1, -0.05) is 19.8 Å². The molecule has 0 unspecified atom stereocenters. The first-order valence-corrected chi connectivity index (χ1v) is 8.90. The van der Waals surface area contributed by atoms with Gasteiger partial charge in [-0.3, -0.25) is 13.9 Å². The monoisotopic (exact) mass is 342 g/mol. The zero-order valence-corrected chi connectivity index (χ0v) is 15.2. The molecule has 0 saturated heterocycles. The van der Waals surface area contributed by atoms with E-state index in [1.165, 1.54) is 0 Å². The number of carboxylic acids is 1. The van der Waals surface area contributed by atoms with Crippen molar-refractivity contribution < 1.29 is 9.90 Å². The minimum Gasteiger partial charge on any atom is -0.481 e. The molecule has 25 heavy (non-hydrogen) atoms. The van der Waals surface area contributed by atoms with Gasteiger partial charge in [-0.25, -0.2) is 4.79 Å². The highest BCUT2D eigenvalue weighted by molar-refractivity contribution is 5.78. The van der Waals surface area contributed by atoms with E-state index < -0.39 is 5.97 Å². The van der Waals surface area contributed by atoms with Gasteiger partial charge in [0.05, 0.1) is 17.0 Å². The van der Waals surface area contributed by atoms with Gasteiger partial charge in [0.25, 0.3) is 0 Å². The fraction of sp³-hybridized carbons (Fsp3) is 0.500. The average Bonchev–Trinajstić information content (AvgIpc) is 2.88. The number of aromatic nitrogens is 2. The van der Waals surface area contributed by atoms with Crippen LogP contribution in [0.2, 0.25) is 0 Å². The van der Waals surface area contributed by atoms with Crippen LogP contribution < -0.4 is 5.69 Å². The summed E-state index contributed by atoms with van der Waals surface area (Å²) in [5, 5.41) is 9.08. The lowest BCUT2D eigenvalue weighted by atomic mass is 9.82. The molecule has 5 heteroatoms. The van der Waals surface area contributed by atoms with Crippen molar-refractivity contribution in [2.75, 3.05) is 0 Å². The maximum absolute atomic E-state index is 12.5. The molecule has 3 rings (SSSR count). The molecule has 0 bridgehead atoms. The van der Waals surface area contributed by atoms with E-state index in [-0.39, 0.29) is 11.6 Å². The van der Waals surface area contributed by atoms with Gasteiger partial charge in [-0.2, -0.15) is 0 Å². The number of rotatable bonds is 3. The Labute approximate surface area is 148 Å². The van der Waals surface area contributed by atoms with Gasteiger partial charge < -0.3 is 5.11 Å². The Morgan fingerprint density at radius 2 is 1.88 bits per heavy atom. The number of hydrogen-bond acceptors (Lipinski definition) is 2. The highest BCUT2D eigenvalue weighted by atomic mass is 16.4. The molecule has 5 nitrogen and oxygen atoms in total. The maximum Gasteiger partial charge on any atom is 0.328 e. The SMILES string of the molecule is C#Cc1ccc2c(c1)n(CC1CCC(C(=O)O)CC1)c(=O)n2C.CC. The quantitative estimate of drug-likeness (QED) is 0.871. The van der Waals surface area contributed by atoms with Crippen molar-refractivity contribution in [2.45, 2.75) is 46.1 Å². The highest BCUT2D eigenvalue weighted by Crippen LogP contribution is 2.30. The molecule has 1 saturated carbocycles. The van der Waals surface area contributed by atoms with Crippen LogP contribution in [-0.2, 0) is 18.4 Å². The molecule has 134 valence electrons. The third-order valence-electron chi connectivity index (χ3n) is 4.95. The Morgan fingerprint density at radius 1 is 1.24 bits per heavy atom. The van der Waals surface area contributed by atoms with Crippen LogP contribution >= 0.6 is 0 Å². The summed E-state index contributed by atoms with van der Waals surface area (Å²) in [5.74, 6) is 2.01. The van der Waals surface area contributed by atoms with Crippen LogP contribution in [0.1, 0.15) is 45.1 Å². The number of aliphatic carboxylic acids is 1. The van der Waals surface area contributed by atoms with E-state index in [9.17, 15) is 9.59 Å². The van der Waals surface area contributed by atoms with Crippen LogP contribution in [0.15, 0.2) is 23.0 Å². The molecule has 1 heterocycles.